The van der Waals surface area contributed by atoms with Gasteiger partial charge in [0.15, 0.2) is 0 Å². The Labute approximate surface area is 212 Å². The molecule has 0 spiro atoms. The van der Waals surface area contributed by atoms with E-state index in [0.717, 1.165) is 36.0 Å². The highest BCUT2D eigenvalue weighted by Gasteiger charge is 2.33. The van der Waals surface area contributed by atoms with Gasteiger partial charge in [-0.1, -0.05) is 57.2 Å². The number of hydrogen-bond donors (Lipinski definition) is 2. The average molecular weight is 490 g/mol. The molecule has 1 aromatic rings. The van der Waals surface area contributed by atoms with Crippen LogP contribution >= 0.6 is 0 Å². The van der Waals surface area contributed by atoms with Gasteiger partial charge in [0.25, 0.3) is 0 Å². The van der Waals surface area contributed by atoms with Crippen LogP contribution in [0, 0.1) is 13.8 Å². The average Bonchev–Trinajstić information content (AvgIpc) is 2.74. The zero-order chi connectivity index (χ0) is 26.6. The van der Waals surface area contributed by atoms with E-state index in [-0.39, 0.29) is 24.4 Å². The molecule has 3 amide bonds. The molecular weight excluding hydrogens is 442 g/mol. The first-order valence-corrected chi connectivity index (χ1v) is 13.0. The molecule has 0 radical (unpaired) electrons. The van der Waals surface area contributed by atoms with E-state index in [4.69, 9.17) is 4.74 Å². The summed E-state index contributed by atoms with van der Waals surface area (Å²) in [6.45, 7) is 15.5. The van der Waals surface area contributed by atoms with Crippen LogP contribution in [0.5, 0.6) is 0 Å². The van der Waals surface area contributed by atoms with Gasteiger partial charge in [0.05, 0.1) is 0 Å². The molecule has 1 rings (SSSR count). The zero-order valence-electron chi connectivity index (χ0n) is 23.1. The van der Waals surface area contributed by atoms with Crippen LogP contribution in [0.2, 0.25) is 0 Å². The molecule has 0 fully saturated rings. The number of unbranched alkanes of at least 4 members (excludes halogenated alkanes) is 5. The molecule has 0 bridgehead atoms. The number of benzene rings is 1. The summed E-state index contributed by atoms with van der Waals surface area (Å²) in [4.78, 5) is 40.7. The van der Waals surface area contributed by atoms with E-state index in [1.807, 2.05) is 45.9 Å². The maximum Gasteiger partial charge on any atom is 0.408 e. The van der Waals surface area contributed by atoms with Crippen molar-refractivity contribution >= 4 is 17.9 Å². The van der Waals surface area contributed by atoms with Crippen molar-refractivity contribution in [3.05, 3.63) is 34.9 Å². The fraction of sp³-hybridized carbons (Fsp3) is 0.679. The molecule has 1 atom stereocenters. The summed E-state index contributed by atoms with van der Waals surface area (Å²) < 4.78 is 5.28. The summed E-state index contributed by atoms with van der Waals surface area (Å²) in [5, 5.41) is 5.56. The Kier molecular flexibility index (Phi) is 12.8. The lowest BCUT2D eigenvalue weighted by Crippen LogP contribution is -2.49. The molecule has 1 aromatic carbocycles. The van der Waals surface area contributed by atoms with Gasteiger partial charge < -0.3 is 20.3 Å². The van der Waals surface area contributed by atoms with Gasteiger partial charge in [0.1, 0.15) is 18.2 Å². The first-order chi connectivity index (χ1) is 16.4. The predicted molar refractivity (Wildman–Crippen MR) is 141 cm³/mol. The number of carbonyl (C=O) groups excluding carboxylic acids is 3. The van der Waals surface area contributed by atoms with Gasteiger partial charge in [-0.15, -0.1) is 0 Å². The van der Waals surface area contributed by atoms with E-state index < -0.39 is 17.7 Å². The highest BCUT2D eigenvalue weighted by molar-refractivity contribution is 5.90. The van der Waals surface area contributed by atoms with E-state index in [9.17, 15) is 14.4 Å². The number of nitrogens with one attached hydrogen (secondary N) is 2. The van der Waals surface area contributed by atoms with E-state index in [2.05, 4.69) is 17.6 Å². The number of ether oxygens (including phenoxy) is 1. The van der Waals surface area contributed by atoms with Crippen molar-refractivity contribution in [2.24, 2.45) is 0 Å². The van der Waals surface area contributed by atoms with Gasteiger partial charge in [-0.2, -0.15) is 0 Å². The summed E-state index contributed by atoms with van der Waals surface area (Å²) in [5.41, 5.74) is 2.18. The summed E-state index contributed by atoms with van der Waals surface area (Å²) in [5.74, 6) is -0.528. The standard InChI is InChI=1S/C28H47N3O4/c1-9-10-11-12-13-14-18-31(24(32)19-29-27(34)35-28(6,7)8)25(26(33)30-20(2)3)23-17-15-16-21(4)22(23)5/h15-17,20,25H,9-14,18-19H2,1-8H3,(H,29,34)(H,30,33). The quantitative estimate of drug-likeness (QED) is 0.354. The third-order valence-electron chi connectivity index (χ3n) is 5.79. The van der Waals surface area contributed by atoms with Crippen molar-refractivity contribution in [3.8, 4) is 0 Å². The molecule has 198 valence electrons. The zero-order valence-corrected chi connectivity index (χ0v) is 23.1. The molecule has 0 saturated carbocycles. The lowest BCUT2D eigenvalue weighted by Gasteiger charge is -2.33. The number of aryl methyl sites for hydroxylation is 1. The van der Waals surface area contributed by atoms with E-state index in [1.165, 1.54) is 19.3 Å². The van der Waals surface area contributed by atoms with Crippen molar-refractivity contribution in [1.29, 1.82) is 0 Å². The van der Waals surface area contributed by atoms with E-state index in [0.29, 0.717) is 6.54 Å². The molecule has 0 aromatic heterocycles. The van der Waals surface area contributed by atoms with Crippen molar-refractivity contribution in [1.82, 2.24) is 15.5 Å². The van der Waals surface area contributed by atoms with E-state index in [1.54, 1.807) is 25.7 Å². The van der Waals surface area contributed by atoms with Crippen molar-refractivity contribution in [2.45, 2.75) is 112 Å². The molecule has 0 heterocycles. The highest BCUT2D eigenvalue weighted by Crippen LogP contribution is 2.27. The van der Waals surface area contributed by atoms with Crippen LogP contribution < -0.4 is 10.6 Å². The first-order valence-electron chi connectivity index (χ1n) is 13.0. The Morgan fingerprint density at radius 2 is 1.63 bits per heavy atom. The third-order valence-corrected chi connectivity index (χ3v) is 5.79. The van der Waals surface area contributed by atoms with Gasteiger partial charge in [-0.3, -0.25) is 9.59 Å². The van der Waals surface area contributed by atoms with Crippen molar-refractivity contribution in [2.75, 3.05) is 13.1 Å². The molecule has 0 aliphatic heterocycles. The van der Waals surface area contributed by atoms with Gasteiger partial charge in [0.2, 0.25) is 11.8 Å². The number of rotatable bonds is 13. The SMILES string of the molecule is CCCCCCCCN(C(=O)CNC(=O)OC(C)(C)C)C(C(=O)NC(C)C)c1cccc(C)c1C. The van der Waals surface area contributed by atoms with E-state index >= 15 is 0 Å². The summed E-state index contributed by atoms with van der Waals surface area (Å²) in [7, 11) is 0. The minimum Gasteiger partial charge on any atom is -0.444 e. The second-order valence-electron chi connectivity index (χ2n) is 10.6. The summed E-state index contributed by atoms with van der Waals surface area (Å²) in [6, 6.07) is 4.98. The largest absolute Gasteiger partial charge is 0.444 e. The lowest BCUT2D eigenvalue weighted by atomic mass is 9.95. The Morgan fingerprint density at radius 3 is 2.23 bits per heavy atom. The van der Waals surface area contributed by atoms with Crippen LogP contribution in [0.3, 0.4) is 0 Å². The number of amides is 3. The Hall–Kier alpha value is -2.57. The van der Waals surface area contributed by atoms with Crippen LogP contribution in [0.15, 0.2) is 18.2 Å². The molecule has 35 heavy (non-hydrogen) atoms. The van der Waals surface area contributed by atoms with Gasteiger partial charge in [-0.05, 0) is 71.6 Å². The minimum absolute atomic E-state index is 0.0685. The van der Waals surface area contributed by atoms with Crippen LogP contribution in [-0.4, -0.2) is 47.5 Å². The number of alkyl carbamates (subject to hydrolysis) is 1. The molecule has 1 unspecified atom stereocenters. The highest BCUT2D eigenvalue weighted by atomic mass is 16.6. The van der Waals surface area contributed by atoms with Crippen LogP contribution in [-0.2, 0) is 14.3 Å². The monoisotopic (exact) mass is 489 g/mol. The fourth-order valence-electron chi connectivity index (χ4n) is 3.91. The summed E-state index contributed by atoms with van der Waals surface area (Å²) in [6.07, 6.45) is 5.75. The maximum absolute atomic E-state index is 13.5. The van der Waals surface area contributed by atoms with Gasteiger partial charge in [0, 0.05) is 12.6 Å². The lowest BCUT2D eigenvalue weighted by molar-refractivity contribution is -0.140. The number of carbonyl (C=O) groups is 3. The molecule has 7 nitrogen and oxygen atoms in total. The smallest absolute Gasteiger partial charge is 0.408 e. The molecule has 0 saturated heterocycles. The molecule has 0 aliphatic carbocycles. The second kappa shape index (κ2) is 14.7. The van der Waals surface area contributed by atoms with Crippen LogP contribution in [0.4, 0.5) is 4.79 Å². The molecule has 2 N–H and O–H groups in total. The van der Waals surface area contributed by atoms with Crippen LogP contribution in [0.1, 0.15) is 103 Å². The van der Waals surface area contributed by atoms with Gasteiger partial charge in [-0.25, -0.2) is 4.79 Å². The summed E-state index contributed by atoms with van der Waals surface area (Å²) >= 11 is 0. The number of nitrogens with zero attached hydrogens (tertiary/aromatic N) is 1. The Bertz CT molecular complexity index is 830. The Morgan fingerprint density at radius 1 is 1.00 bits per heavy atom. The Balaban J connectivity index is 3.21. The molecule has 0 aliphatic rings. The van der Waals surface area contributed by atoms with Crippen molar-refractivity contribution < 1.29 is 19.1 Å². The normalized spacial score (nSPS) is 12.3. The van der Waals surface area contributed by atoms with Crippen molar-refractivity contribution in [3.63, 3.8) is 0 Å². The van der Waals surface area contributed by atoms with Crippen LogP contribution in [0.25, 0.3) is 0 Å². The molecule has 7 heteroatoms. The fourth-order valence-corrected chi connectivity index (χ4v) is 3.91. The topological polar surface area (TPSA) is 87.7 Å². The van der Waals surface area contributed by atoms with Gasteiger partial charge >= 0.3 is 6.09 Å². The second-order valence-corrected chi connectivity index (χ2v) is 10.6. The third kappa shape index (κ3) is 11.1. The number of hydrogen-bond acceptors (Lipinski definition) is 4. The predicted octanol–water partition coefficient (Wildman–Crippen LogP) is 5.58. The molecular formula is C28H47N3O4. The maximum atomic E-state index is 13.5. The minimum atomic E-state index is -0.777. The first kappa shape index (κ1) is 30.5.